The Bertz CT molecular complexity index is 289. The molecule has 5 nitrogen and oxygen atoms in total. The van der Waals surface area contributed by atoms with Crippen molar-refractivity contribution in [1.29, 1.82) is 0 Å². The van der Waals surface area contributed by atoms with E-state index in [0.717, 1.165) is 0 Å². The van der Waals surface area contributed by atoms with E-state index in [4.69, 9.17) is 10.8 Å². The van der Waals surface area contributed by atoms with E-state index in [1.54, 1.807) is 12.1 Å². The second-order valence-electron chi connectivity index (χ2n) is 2.60. The van der Waals surface area contributed by atoms with Crippen LogP contribution in [0.5, 0.6) is 0 Å². The number of nitrogens with two attached hydrogens (primary N) is 1. The SMILES string of the molecule is N[C@@H](C(=O)O)[C@@H](O)c1cccnc1. The predicted molar refractivity (Wildman–Crippen MR) is 44.8 cm³/mol. The van der Waals surface area contributed by atoms with Crippen LogP contribution in [0.15, 0.2) is 24.5 Å². The fourth-order valence-electron chi connectivity index (χ4n) is 0.893. The third kappa shape index (κ3) is 2.24. The summed E-state index contributed by atoms with van der Waals surface area (Å²) in [6, 6.07) is 1.86. The number of carbonyl (C=O) groups is 1. The van der Waals surface area contributed by atoms with E-state index in [0.29, 0.717) is 5.56 Å². The lowest BCUT2D eigenvalue weighted by atomic mass is 10.1. The highest BCUT2D eigenvalue weighted by Crippen LogP contribution is 2.13. The van der Waals surface area contributed by atoms with Gasteiger partial charge in [-0.1, -0.05) is 6.07 Å². The molecule has 0 saturated heterocycles. The van der Waals surface area contributed by atoms with Crippen LogP contribution >= 0.6 is 0 Å². The number of aliphatic hydroxyl groups is 1. The Balaban J connectivity index is 2.79. The van der Waals surface area contributed by atoms with Crippen LogP contribution in [-0.4, -0.2) is 27.2 Å². The lowest BCUT2D eigenvalue weighted by Gasteiger charge is -2.14. The monoisotopic (exact) mass is 182 g/mol. The molecule has 13 heavy (non-hydrogen) atoms. The van der Waals surface area contributed by atoms with Crippen molar-refractivity contribution in [3.05, 3.63) is 30.1 Å². The molecule has 0 spiro atoms. The Labute approximate surface area is 74.8 Å². The first-order chi connectivity index (χ1) is 6.13. The first-order valence-electron chi connectivity index (χ1n) is 3.69. The number of hydrogen-bond donors (Lipinski definition) is 3. The van der Waals surface area contributed by atoms with Crippen molar-refractivity contribution < 1.29 is 15.0 Å². The van der Waals surface area contributed by atoms with Gasteiger partial charge >= 0.3 is 5.97 Å². The number of aromatic nitrogens is 1. The fourth-order valence-corrected chi connectivity index (χ4v) is 0.893. The molecular formula is C8H10N2O3. The van der Waals surface area contributed by atoms with Crippen molar-refractivity contribution in [2.45, 2.75) is 12.1 Å². The quantitative estimate of drug-likeness (QED) is 0.587. The van der Waals surface area contributed by atoms with Gasteiger partial charge in [-0.05, 0) is 6.07 Å². The first kappa shape index (κ1) is 9.63. The summed E-state index contributed by atoms with van der Waals surface area (Å²) >= 11 is 0. The average molecular weight is 182 g/mol. The molecule has 1 aromatic rings. The molecule has 5 heteroatoms. The summed E-state index contributed by atoms with van der Waals surface area (Å²) < 4.78 is 0. The van der Waals surface area contributed by atoms with Crippen LogP contribution in [0.3, 0.4) is 0 Å². The number of nitrogens with zero attached hydrogens (tertiary/aromatic N) is 1. The van der Waals surface area contributed by atoms with E-state index < -0.39 is 18.1 Å². The van der Waals surface area contributed by atoms with Gasteiger partial charge in [0.15, 0.2) is 0 Å². The van der Waals surface area contributed by atoms with Gasteiger partial charge in [0.2, 0.25) is 0 Å². The Morgan fingerprint density at radius 2 is 2.31 bits per heavy atom. The van der Waals surface area contributed by atoms with Gasteiger partial charge in [-0.3, -0.25) is 9.78 Å². The minimum Gasteiger partial charge on any atom is -0.480 e. The van der Waals surface area contributed by atoms with Crippen molar-refractivity contribution in [1.82, 2.24) is 4.98 Å². The summed E-state index contributed by atoms with van der Waals surface area (Å²) in [6.07, 6.45) is 1.70. The molecule has 0 aliphatic carbocycles. The Kier molecular flexibility index (Phi) is 2.94. The number of carboxylic acid groups (broad SMARTS) is 1. The summed E-state index contributed by atoms with van der Waals surface area (Å²) in [5, 5.41) is 17.9. The molecule has 1 aromatic heterocycles. The van der Waals surface area contributed by atoms with Crippen LogP contribution in [-0.2, 0) is 4.79 Å². The molecule has 0 saturated carbocycles. The van der Waals surface area contributed by atoms with Gasteiger partial charge in [0.1, 0.15) is 12.1 Å². The summed E-state index contributed by atoms with van der Waals surface area (Å²) in [5.74, 6) is -1.24. The minimum absolute atomic E-state index is 0.400. The van der Waals surface area contributed by atoms with Gasteiger partial charge in [0.25, 0.3) is 0 Å². The summed E-state index contributed by atoms with van der Waals surface area (Å²) in [4.78, 5) is 14.1. The van der Waals surface area contributed by atoms with Gasteiger partial charge in [0.05, 0.1) is 0 Å². The van der Waals surface area contributed by atoms with Gasteiger partial charge in [-0.15, -0.1) is 0 Å². The zero-order valence-electron chi connectivity index (χ0n) is 6.79. The Morgan fingerprint density at radius 1 is 1.62 bits per heavy atom. The second kappa shape index (κ2) is 3.97. The minimum atomic E-state index is -1.32. The van der Waals surface area contributed by atoms with Crippen LogP contribution in [0.4, 0.5) is 0 Å². The number of carboxylic acids is 1. The van der Waals surface area contributed by atoms with E-state index in [-0.39, 0.29) is 0 Å². The maximum Gasteiger partial charge on any atom is 0.323 e. The zero-order valence-corrected chi connectivity index (χ0v) is 6.79. The molecule has 1 heterocycles. The van der Waals surface area contributed by atoms with E-state index >= 15 is 0 Å². The number of aliphatic carboxylic acids is 1. The molecule has 0 bridgehead atoms. The van der Waals surface area contributed by atoms with Crippen molar-refractivity contribution in [3.63, 3.8) is 0 Å². The zero-order chi connectivity index (χ0) is 9.84. The van der Waals surface area contributed by atoms with Crippen LogP contribution < -0.4 is 5.73 Å². The summed E-state index contributed by atoms with van der Waals surface area (Å²) in [7, 11) is 0. The molecule has 0 fully saturated rings. The molecule has 4 N–H and O–H groups in total. The normalized spacial score (nSPS) is 14.9. The number of hydrogen-bond acceptors (Lipinski definition) is 4. The maximum atomic E-state index is 10.4. The van der Waals surface area contributed by atoms with E-state index in [9.17, 15) is 9.90 Å². The highest BCUT2D eigenvalue weighted by molar-refractivity contribution is 5.74. The summed E-state index contributed by atoms with van der Waals surface area (Å²) in [6.45, 7) is 0. The molecule has 0 unspecified atom stereocenters. The number of aliphatic hydroxyl groups excluding tert-OH is 1. The number of rotatable bonds is 3. The molecular weight excluding hydrogens is 172 g/mol. The summed E-state index contributed by atoms with van der Waals surface area (Å²) in [5.41, 5.74) is 5.62. The van der Waals surface area contributed by atoms with Crippen molar-refractivity contribution in [3.8, 4) is 0 Å². The lowest BCUT2D eigenvalue weighted by molar-refractivity contribution is -0.141. The topological polar surface area (TPSA) is 96.4 Å². The highest BCUT2D eigenvalue weighted by Gasteiger charge is 2.23. The molecule has 0 aliphatic rings. The van der Waals surface area contributed by atoms with Crippen molar-refractivity contribution >= 4 is 5.97 Å². The van der Waals surface area contributed by atoms with E-state index in [2.05, 4.69) is 4.98 Å². The Morgan fingerprint density at radius 3 is 2.77 bits per heavy atom. The highest BCUT2D eigenvalue weighted by atomic mass is 16.4. The molecule has 0 radical (unpaired) electrons. The molecule has 0 aromatic carbocycles. The third-order valence-electron chi connectivity index (χ3n) is 1.65. The Hall–Kier alpha value is -1.46. The second-order valence-corrected chi connectivity index (χ2v) is 2.60. The standard InChI is InChI=1S/C8H10N2O3/c9-6(8(12)13)7(11)5-2-1-3-10-4-5/h1-4,6-7,11H,9H2,(H,12,13)/t6-,7+/m1/s1. The van der Waals surface area contributed by atoms with Crippen LogP contribution in [0.2, 0.25) is 0 Å². The smallest absolute Gasteiger partial charge is 0.323 e. The predicted octanol–water partition coefficient (Wildman–Crippen LogP) is -0.473. The maximum absolute atomic E-state index is 10.4. The molecule has 2 atom stereocenters. The van der Waals surface area contributed by atoms with Crippen molar-refractivity contribution in [2.24, 2.45) is 5.73 Å². The average Bonchev–Trinajstić information content (AvgIpc) is 2.17. The number of pyridine rings is 1. The van der Waals surface area contributed by atoms with Gasteiger partial charge in [0, 0.05) is 18.0 Å². The van der Waals surface area contributed by atoms with Crippen molar-refractivity contribution in [2.75, 3.05) is 0 Å². The molecule has 0 aliphatic heterocycles. The van der Waals surface area contributed by atoms with Crippen LogP contribution in [0, 0.1) is 0 Å². The molecule has 70 valence electrons. The largest absolute Gasteiger partial charge is 0.480 e. The van der Waals surface area contributed by atoms with Crippen LogP contribution in [0.25, 0.3) is 0 Å². The van der Waals surface area contributed by atoms with E-state index in [1.165, 1.54) is 12.4 Å². The lowest BCUT2D eigenvalue weighted by Crippen LogP contribution is -2.36. The van der Waals surface area contributed by atoms with Gasteiger partial charge in [-0.25, -0.2) is 0 Å². The third-order valence-corrected chi connectivity index (χ3v) is 1.65. The molecule has 0 amide bonds. The first-order valence-corrected chi connectivity index (χ1v) is 3.69. The molecule has 1 rings (SSSR count). The van der Waals surface area contributed by atoms with Crippen LogP contribution in [0.1, 0.15) is 11.7 Å². The van der Waals surface area contributed by atoms with E-state index in [1.807, 2.05) is 0 Å². The fraction of sp³-hybridized carbons (Fsp3) is 0.250. The van der Waals surface area contributed by atoms with Gasteiger partial charge < -0.3 is 15.9 Å². The van der Waals surface area contributed by atoms with Gasteiger partial charge in [-0.2, -0.15) is 0 Å².